The maximum absolute atomic E-state index is 10.7. The van der Waals surface area contributed by atoms with Gasteiger partial charge in [0.05, 0.1) is 28.9 Å². The van der Waals surface area contributed by atoms with Crippen molar-refractivity contribution in [1.29, 1.82) is 0 Å². The first kappa shape index (κ1) is 15.3. The van der Waals surface area contributed by atoms with E-state index in [-0.39, 0.29) is 12.2 Å². The molecule has 0 saturated carbocycles. The number of nitro groups is 1. The Morgan fingerprint density at radius 3 is 2.74 bits per heavy atom. The molecule has 0 spiro atoms. The lowest BCUT2D eigenvalue weighted by Gasteiger charge is -2.37. The average molecular weight is 317 g/mol. The first-order chi connectivity index (χ1) is 11.0. The van der Waals surface area contributed by atoms with E-state index in [4.69, 9.17) is 0 Å². The highest BCUT2D eigenvalue weighted by atomic mass is 16.6. The number of likely N-dealkylation sites (N-methyl/N-ethyl adjacent to an activating group) is 1. The Balaban J connectivity index is 1.67. The Hall–Kier alpha value is -2.61. The molecule has 8 heteroatoms. The minimum absolute atomic E-state index is 0.0675. The fourth-order valence-electron chi connectivity index (χ4n) is 2.83. The summed E-state index contributed by atoms with van der Waals surface area (Å²) in [5, 5.41) is 24.9. The second kappa shape index (κ2) is 6.25. The van der Waals surface area contributed by atoms with Crippen molar-refractivity contribution in [3.8, 4) is 0 Å². The third kappa shape index (κ3) is 3.26. The number of fused-ring (bicyclic) bond motifs is 1. The van der Waals surface area contributed by atoms with Crippen molar-refractivity contribution < 1.29 is 10.0 Å². The van der Waals surface area contributed by atoms with Crippen molar-refractivity contribution in [1.82, 2.24) is 9.78 Å². The molecule has 1 N–H and O–H groups in total. The molecule has 0 fully saturated rings. The molecule has 1 aliphatic heterocycles. The van der Waals surface area contributed by atoms with E-state index in [9.17, 15) is 15.2 Å². The lowest BCUT2D eigenvalue weighted by Crippen LogP contribution is -2.43. The fourth-order valence-corrected chi connectivity index (χ4v) is 2.83. The quantitative estimate of drug-likeness (QED) is 0.656. The normalized spacial score (nSPS) is 15.4. The molecule has 1 aliphatic rings. The van der Waals surface area contributed by atoms with Gasteiger partial charge in [0.25, 0.3) is 0 Å². The molecule has 1 atom stereocenters. The van der Waals surface area contributed by atoms with E-state index in [1.807, 2.05) is 18.2 Å². The largest absolute Gasteiger partial charge is 0.389 e. The first-order valence-corrected chi connectivity index (χ1v) is 7.44. The van der Waals surface area contributed by atoms with Gasteiger partial charge >= 0.3 is 5.69 Å². The molecule has 0 aliphatic carbocycles. The smallest absolute Gasteiger partial charge is 0.306 e. The van der Waals surface area contributed by atoms with Gasteiger partial charge in [0.15, 0.2) is 0 Å². The summed E-state index contributed by atoms with van der Waals surface area (Å²) in [6, 6.07) is 8.08. The van der Waals surface area contributed by atoms with Crippen molar-refractivity contribution >= 4 is 17.1 Å². The zero-order chi connectivity index (χ0) is 16.4. The van der Waals surface area contributed by atoms with Gasteiger partial charge in [0.1, 0.15) is 12.4 Å². The van der Waals surface area contributed by atoms with Crippen LogP contribution in [0, 0.1) is 10.1 Å². The van der Waals surface area contributed by atoms with Gasteiger partial charge in [-0.3, -0.25) is 14.8 Å². The van der Waals surface area contributed by atoms with E-state index in [0.717, 1.165) is 24.5 Å². The standard InChI is InChI=1S/C15H19N5O3/c1-17-6-7-18(15-5-3-2-4-14(15)17)10-13(21)11-19-9-12(8-16-19)20(22)23/h2-5,8-9,13,21H,6-7,10-11H2,1H3. The van der Waals surface area contributed by atoms with Gasteiger partial charge in [0.2, 0.25) is 0 Å². The summed E-state index contributed by atoms with van der Waals surface area (Å²) in [7, 11) is 2.05. The van der Waals surface area contributed by atoms with E-state index in [0.29, 0.717) is 6.54 Å². The third-order valence-corrected chi connectivity index (χ3v) is 4.00. The maximum Gasteiger partial charge on any atom is 0.306 e. The molecule has 1 aromatic carbocycles. The molecule has 122 valence electrons. The number of β-amino-alcohol motifs (C(OH)–C–C–N with tert-alkyl or cyclic N) is 1. The van der Waals surface area contributed by atoms with Crippen LogP contribution in [0.3, 0.4) is 0 Å². The van der Waals surface area contributed by atoms with Crippen LogP contribution in [0.2, 0.25) is 0 Å². The number of para-hydroxylation sites is 2. The number of hydrogen-bond donors (Lipinski definition) is 1. The van der Waals surface area contributed by atoms with E-state index in [1.54, 1.807) is 0 Å². The van der Waals surface area contributed by atoms with Gasteiger partial charge in [0, 0.05) is 26.7 Å². The molecule has 8 nitrogen and oxygen atoms in total. The predicted octanol–water partition coefficient (Wildman–Crippen LogP) is 1.11. The van der Waals surface area contributed by atoms with Crippen LogP contribution in [0.1, 0.15) is 0 Å². The van der Waals surface area contributed by atoms with Gasteiger partial charge in [-0.1, -0.05) is 12.1 Å². The van der Waals surface area contributed by atoms with Crippen molar-refractivity contribution in [3.63, 3.8) is 0 Å². The summed E-state index contributed by atoms with van der Waals surface area (Å²) in [6.45, 7) is 2.39. The fraction of sp³-hybridized carbons (Fsp3) is 0.400. The predicted molar refractivity (Wildman–Crippen MR) is 86.8 cm³/mol. The van der Waals surface area contributed by atoms with Gasteiger partial charge in [-0.05, 0) is 12.1 Å². The number of rotatable bonds is 5. The van der Waals surface area contributed by atoms with E-state index >= 15 is 0 Å². The van der Waals surface area contributed by atoms with E-state index in [2.05, 4.69) is 28.0 Å². The third-order valence-electron chi connectivity index (χ3n) is 4.00. The minimum Gasteiger partial charge on any atom is -0.389 e. The minimum atomic E-state index is -0.661. The Morgan fingerprint density at radius 2 is 2.04 bits per heavy atom. The summed E-state index contributed by atoms with van der Waals surface area (Å²) < 4.78 is 1.41. The molecule has 1 aromatic heterocycles. The van der Waals surface area contributed by atoms with Crippen LogP contribution in [0.25, 0.3) is 0 Å². The number of benzene rings is 1. The molecule has 3 rings (SSSR count). The molecular formula is C15H19N5O3. The van der Waals surface area contributed by atoms with Crippen molar-refractivity contribution in [2.24, 2.45) is 0 Å². The topological polar surface area (TPSA) is 87.7 Å². The lowest BCUT2D eigenvalue weighted by atomic mass is 10.1. The summed E-state index contributed by atoms with van der Waals surface area (Å²) in [4.78, 5) is 14.5. The van der Waals surface area contributed by atoms with Gasteiger partial charge in [-0.15, -0.1) is 0 Å². The molecule has 0 radical (unpaired) electrons. The molecule has 0 saturated heterocycles. The molecule has 0 amide bonds. The second-order valence-corrected chi connectivity index (χ2v) is 5.69. The SMILES string of the molecule is CN1CCN(CC(O)Cn2cc([N+](=O)[O-])cn2)c2ccccc21. The molecule has 2 aromatic rings. The maximum atomic E-state index is 10.7. The zero-order valence-corrected chi connectivity index (χ0v) is 12.9. The van der Waals surface area contributed by atoms with Crippen LogP contribution >= 0.6 is 0 Å². The number of anilines is 2. The van der Waals surface area contributed by atoms with Crippen LogP contribution in [0.5, 0.6) is 0 Å². The molecule has 2 heterocycles. The molecule has 1 unspecified atom stereocenters. The van der Waals surface area contributed by atoms with Gasteiger partial charge in [-0.25, -0.2) is 0 Å². The van der Waals surface area contributed by atoms with Crippen molar-refractivity contribution in [2.75, 3.05) is 36.5 Å². The summed E-state index contributed by atoms with van der Waals surface area (Å²) in [5.74, 6) is 0. The Kier molecular flexibility index (Phi) is 4.16. The van der Waals surface area contributed by atoms with Crippen molar-refractivity contribution in [2.45, 2.75) is 12.6 Å². The average Bonchev–Trinajstić information content (AvgIpc) is 2.99. The van der Waals surface area contributed by atoms with Crippen LogP contribution in [0.4, 0.5) is 17.1 Å². The molecule has 23 heavy (non-hydrogen) atoms. The zero-order valence-electron chi connectivity index (χ0n) is 12.9. The van der Waals surface area contributed by atoms with Crippen LogP contribution in [-0.4, -0.2) is 52.6 Å². The number of aliphatic hydroxyl groups excluding tert-OH is 1. The molecule has 0 bridgehead atoms. The summed E-state index contributed by atoms with van der Waals surface area (Å²) in [6.07, 6.45) is 1.87. The number of nitrogens with zero attached hydrogens (tertiary/aromatic N) is 5. The summed E-state index contributed by atoms with van der Waals surface area (Å²) in [5.41, 5.74) is 2.16. The Bertz CT molecular complexity index is 702. The highest BCUT2D eigenvalue weighted by molar-refractivity contribution is 5.73. The van der Waals surface area contributed by atoms with E-state index < -0.39 is 11.0 Å². The van der Waals surface area contributed by atoms with Gasteiger partial charge in [-0.2, -0.15) is 5.10 Å². The second-order valence-electron chi connectivity index (χ2n) is 5.69. The first-order valence-electron chi connectivity index (χ1n) is 7.44. The summed E-state index contributed by atoms with van der Waals surface area (Å²) >= 11 is 0. The Labute approximate surface area is 133 Å². The molecular weight excluding hydrogens is 298 g/mol. The lowest BCUT2D eigenvalue weighted by molar-refractivity contribution is -0.385. The highest BCUT2D eigenvalue weighted by Gasteiger charge is 2.22. The van der Waals surface area contributed by atoms with E-state index in [1.165, 1.54) is 17.1 Å². The highest BCUT2D eigenvalue weighted by Crippen LogP contribution is 2.31. The van der Waals surface area contributed by atoms with Crippen LogP contribution in [0.15, 0.2) is 36.7 Å². The number of hydrogen-bond acceptors (Lipinski definition) is 6. The monoisotopic (exact) mass is 317 g/mol. The van der Waals surface area contributed by atoms with Crippen LogP contribution < -0.4 is 9.80 Å². The van der Waals surface area contributed by atoms with Crippen LogP contribution in [-0.2, 0) is 6.54 Å². The Morgan fingerprint density at radius 1 is 1.30 bits per heavy atom. The number of aliphatic hydroxyl groups is 1. The number of aromatic nitrogens is 2. The van der Waals surface area contributed by atoms with Crippen molar-refractivity contribution in [3.05, 3.63) is 46.8 Å². The van der Waals surface area contributed by atoms with Gasteiger partial charge < -0.3 is 14.9 Å².